The number of benzene rings is 1. The molecule has 0 aromatic heterocycles. The first kappa shape index (κ1) is 28.9. The predicted octanol–water partition coefficient (Wildman–Crippen LogP) is 6.02. The van der Waals surface area contributed by atoms with Gasteiger partial charge in [0.15, 0.2) is 23.1 Å². The molecule has 0 atom stereocenters. The van der Waals surface area contributed by atoms with E-state index in [0.717, 1.165) is 17.0 Å². The predicted molar refractivity (Wildman–Crippen MR) is 151 cm³/mol. The third kappa shape index (κ3) is 5.79. The van der Waals surface area contributed by atoms with E-state index in [4.69, 9.17) is 15.9 Å². The standard InChI is InChI=1S/C31H36BrNO6/c1-7-11-39-29-19(32)12-18(13-24(29)38-8-2)26-27-20(14-30(3,4)16-22(27)34)33(10-9-25(36)37)21-15-31(5,6)17-23(35)28(21)26/h1,12-13,26H,8-11,14-17H2,2-6H3,(H,36,37). The molecule has 1 aromatic carbocycles. The number of ether oxygens (including phenoxy) is 2. The molecule has 1 aromatic rings. The number of hydrogen-bond donors (Lipinski definition) is 1. The van der Waals surface area contributed by atoms with Gasteiger partial charge in [-0.2, -0.15) is 0 Å². The molecule has 39 heavy (non-hydrogen) atoms. The van der Waals surface area contributed by atoms with Crippen molar-refractivity contribution < 1.29 is 29.0 Å². The van der Waals surface area contributed by atoms with E-state index in [2.05, 4.69) is 49.5 Å². The second kappa shape index (κ2) is 10.8. The van der Waals surface area contributed by atoms with Gasteiger partial charge in [-0.1, -0.05) is 33.6 Å². The summed E-state index contributed by atoms with van der Waals surface area (Å²) >= 11 is 3.61. The largest absolute Gasteiger partial charge is 0.490 e. The summed E-state index contributed by atoms with van der Waals surface area (Å²) in [6.45, 7) is 10.7. The van der Waals surface area contributed by atoms with Crippen molar-refractivity contribution in [3.8, 4) is 23.8 Å². The maximum atomic E-state index is 13.9. The van der Waals surface area contributed by atoms with Crippen molar-refractivity contribution >= 4 is 33.5 Å². The van der Waals surface area contributed by atoms with Gasteiger partial charge in [0, 0.05) is 47.8 Å². The van der Waals surface area contributed by atoms with Gasteiger partial charge in [-0.15, -0.1) is 6.42 Å². The van der Waals surface area contributed by atoms with Crippen LogP contribution in [0.2, 0.25) is 0 Å². The van der Waals surface area contributed by atoms with Crippen molar-refractivity contribution in [2.45, 2.75) is 72.6 Å². The van der Waals surface area contributed by atoms with Crippen LogP contribution in [0.15, 0.2) is 39.1 Å². The van der Waals surface area contributed by atoms with Crippen LogP contribution in [-0.2, 0) is 14.4 Å². The number of Topliss-reactive ketones (excluding diaryl/α,β-unsaturated/α-hetero) is 2. The number of ketones is 2. The fourth-order valence-corrected chi connectivity index (χ4v) is 6.70. The van der Waals surface area contributed by atoms with E-state index in [1.807, 2.05) is 24.0 Å². The minimum atomic E-state index is -0.919. The smallest absolute Gasteiger partial charge is 0.305 e. The Balaban J connectivity index is 1.99. The van der Waals surface area contributed by atoms with E-state index in [0.29, 0.717) is 59.4 Å². The highest BCUT2D eigenvalue weighted by molar-refractivity contribution is 9.10. The summed E-state index contributed by atoms with van der Waals surface area (Å²) in [5, 5.41) is 9.54. The zero-order valence-electron chi connectivity index (χ0n) is 23.3. The lowest BCUT2D eigenvalue weighted by atomic mass is 9.63. The van der Waals surface area contributed by atoms with Crippen molar-refractivity contribution in [1.29, 1.82) is 0 Å². The SMILES string of the molecule is C#CCOc1c(Br)cc(C2C3=C(CC(C)(C)CC3=O)N(CCC(=O)O)C3=C2C(=O)CC(C)(C)C3)cc1OCC. The van der Waals surface area contributed by atoms with Crippen molar-refractivity contribution in [1.82, 2.24) is 4.90 Å². The number of rotatable bonds is 8. The first-order chi connectivity index (χ1) is 18.3. The highest BCUT2D eigenvalue weighted by atomic mass is 79.9. The fourth-order valence-electron chi connectivity index (χ4n) is 6.13. The van der Waals surface area contributed by atoms with E-state index in [9.17, 15) is 19.5 Å². The van der Waals surface area contributed by atoms with Crippen LogP contribution in [0.4, 0.5) is 0 Å². The zero-order valence-corrected chi connectivity index (χ0v) is 24.9. The van der Waals surface area contributed by atoms with Crippen LogP contribution >= 0.6 is 15.9 Å². The molecule has 1 aliphatic heterocycles. The monoisotopic (exact) mass is 597 g/mol. The van der Waals surface area contributed by atoms with Gasteiger partial charge in [0.2, 0.25) is 0 Å². The molecule has 0 radical (unpaired) electrons. The molecular formula is C31H36BrNO6. The number of carbonyl (C=O) groups is 3. The number of hydrogen-bond acceptors (Lipinski definition) is 6. The Bertz CT molecular complexity index is 1280. The Labute approximate surface area is 238 Å². The van der Waals surface area contributed by atoms with E-state index < -0.39 is 11.9 Å². The Morgan fingerprint density at radius 1 is 1.05 bits per heavy atom. The third-order valence-electron chi connectivity index (χ3n) is 7.54. The molecule has 1 N–H and O–H groups in total. The van der Waals surface area contributed by atoms with Crippen LogP contribution in [0.1, 0.15) is 78.2 Å². The highest BCUT2D eigenvalue weighted by Crippen LogP contribution is 2.55. The molecule has 0 fully saturated rings. The van der Waals surface area contributed by atoms with Crippen molar-refractivity contribution in [3.63, 3.8) is 0 Å². The third-order valence-corrected chi connectivity index (χ3v) is 8.13. The molecule has 0 bridgehead atoms. The van der Waals surface area contributed by atoms with Crippen molar-refractivity contribution in [2.24, 2.45) is 10.8 Å². The Hall–Kier alpha value is -3.05. The topological polar surface area (TPSA) is 93.1 Å². The average molecular weight is 599 g/mol. The summed E-state index contributed by atoms with van der Waals surface area (Å²) in [6.07, 6.45) is 7.23. The number of halogens is 1. The van der Waals surface area contributed by atoms with Crippen LogP contribution in [0.5, 0.6) is 11.5 Å². The number of carbonyl (C=O) groups excluding carboxylic acids is 2. The van der Waals surface area contributed by atoms with Gasteiger partial charge in [-0.3, -0.25) is 14.4 Å². The number of carboxylic acid groups (broad SMARTS) is 1. The Kier molecular flexibility index (Phi) is 8.05. The second-order valence-corrected chi connectivity index (χ2v) is 12.9. The molecule has 3 aliphatic rings. The summed E-state index contributed by atoms with van der Waals surface area (Å²) in [6, 6.07) is 3.72. The van der Waals surface area contributed by atoms with Gasteiger partial charge < -0.3 is 19.5 Å². The Morgan fingerprint density at radius 2 is 1.62 bits per heavy atom. The first-order valence-corrected chi connectivity index (χ1v) is 14.1. The van der Waals surface area contributed by atoms with E-state index in [1.54, 1.807) is 0 Å². The van der Waals surface area contributed by atoms with Gasteiger partial charge >= 0.3 is 5.97 Å². The average Bonchev–Trinajstić information content (AvgIpc) is 2.80. The second-order valence-electron chi connectivity index (χ2n) is 12.1. The zero-order chi connectivity index (χ0) is 28.7. The lowest BCUT2D eigenvalue weighted by molar-refractivity contribution is -0.137. The summed E-state index contributed by atoms with van der Waals surface area (Å²) in [5.41, 5.74) is 2.98. The van der Waals surface area contributed by atoms with E-state index in [1.165, 1.54) is 0 Å². The van der Waals surface area contributed by atoms with Gasteiger partial charge in [-0.25, -0.2) is 0 Å². The molecule has 0 unspecified atom stereocenters. The maximum absolute atomic E-state index is 13.9. The van der Waals surface area contributed by atoms with Gasteiger partial charge in [0.05, 0.1) is 17.5 Å². The van der Waals surface area contributed by atoms with Crippen molar-refractivity contribution in [2.75, 3.05) is 19.8 Å². The van der Waals surface area contributed by atoms with Crippen LogP contribution < -0.4 is 9.47 Å². The van der Waals surface area contributed by atoms with Crippen LogP contribution in [0.3, 0.4) is 0 Å². The fraction of sp³-hybridized carbons (Fsp3) is 0.516. The van der Waals surface area contributed by atoms with E-state index in [-0.39, 0.29) is 42.0 Å². The quantitative estimate of drug-likeness (QED) is 0.366. The minimum absolute atomic E-state index is 0.0162. The molecule has 2 aliphatic carbocycles. The van der Waals surface area contributed by atoms with Crippen molar-refractivity contribution in [3.05, 3.63) is 44.7 Å². The Morgan fingerprint density at radius 3 is 2.10 bits per heavy atom. The molecule has 4 rings (SSSR count). The normalized spacial score (nSPS) is 20.4. The molecule has 208 valence electrons. The van der Waals surface area contributed by atoms with Crippen LogP contribution in [-0.4, -0.2) is 47.3 Å². The van der Waals surface area contributed by atoms with Crippen LogP contribution in [0.25, 0.3) is 0 Å². The maximum Gasteiger partial charge on any atom is 0.305 e. The summed E-state index contributed by atoms with van der Waals surface area (Å²) < 4.78 is 12.3. The minimum Gasteiger partial charge on any atom is -0.490 e. The first-order valence-electron chi connectivity index (χ1n) is 13.3. The molecule has 0 saturated carbocycles. The molecule has 0 saturated heterocycles. The number of aliphatic carboxylic acids is 1. The van der Waals surface area contributed by atoms with Gasteiger partial charge in [0.25, 0.3) is 0 Å². The summed E-state index contributed by atoms with van der Waals surface area (Å²) in [5.74, 6) is 1.87. The lowest BCUT2D eigenvalue weighted by Crippen LogP contribution is -2.45. The molecule has 7 nitrogen and oxygen atoms in total. The molecule has 8 heteroatoms. The van der Waals surface area contributed by atoms with Gasteiger partial charge in [0.1, 0.15) is 6.61 Å². The molecule has 0 amide bonds. The molecular weight excluding hydrogens is 562 g/mol. The number of nitrogens with zero attached hydrogens (tertiary/aromatic N) is 1. The lowest BCUT2D eigenvalue weighted by Gasteiger charge is -2.49. The van der Waals surface area contributed by atoms with E-state index >= 15 is 0 Å². The van der Waals surface area contributed by atoms with Gasteiger partial charge in [-0.05, 0) is 64.2 Å². The number of carboxylic acids is 1. The number of allylic oxidation sites excluding steroid dienone is 4. The summed E-state index contributed by atoms with van der Waals surface area (Å²) in [7, 11) is 0. The molecule has 1 heterocycles. The molecule has 0 spiro atoms. The summed E-state index contributed by atoms with van der Waals surface area (Å²) in [4.78, 5) is 41.4. The highest BCUT2D eigenvalue weighted by Gasteiger charge is 2.49. The van der Waals surface area contributed by atoms with Crippen LogP contribution in [0, 0.1) is 23.2 Å². The number of terminal acetylenes is 1.